The molecule has 0 aromatic heterocycles. The summed E-state index contributed by atoms with van der Waals surface area (Å²) in [6.45, 7) is 3.18. The maximum Gasteiger partial charge on any atom is 0.255 e. The Kier molecular flexibility index (Phi) is 3.51. The second-order valence-corrected chi connectivity index (χ2v) is 3.56. The maximum atomic E-state index is 13.6. The molecule has 1 aromatic rings. The van der Waals surface area contributed by atoms with Gasteiger partial charge >= 0.3 is 0 Å². The van der Waals surface area contributed by atoms with Crippen LogP contribution in [0.1, 0.15) is 22.8 Å². The number of halogens is 1. The van der Waals surface area contributed by atoms with Crippen LogP contribution in [0, 0.1) is 25.1 Å². The number of carbonyl (C=O) groups is 1. The van der Waals surface area contributed by atoms with Crippen molar-refractivity contribution in [2.75, 3.05) is 5.73 Å². The monoisotopic (exact) mass is 220 g/mol. The van der Waals surface area contributed by atoms with Crippen LogP contribution in [0.25, 0.3) is 0 Å². The zero-order valence-corrected chi connectivity index (χ0v) is 9.17. The Morgan fingerprint density at radius 2 is 2.25 bits per heavy atom. The van der Waals surface area contributed by atoms with Crippen molar-refractivity contribution >= 4 is 11.6 Å². The van der Waals surface area contributed by atoms with Crippen LogP contribution in [0.3, 0.4) is 0 Å². The predicted octanol–water partition coefficient (Wildman–Crippen LogP) is 1.47. The van der Waals surface area contributed by atoms with E-state index >= 15 is 0 Å². The van der Waals surface area contributed by atoms with Gasteiger partial charge in [0.1, 0.15) is 5.82 Å². The minimum absolute atomic E-state index is 0.0837. The molecule has 0 spiro atoms. The number of nitrogens with one attached hydrogen (secondary N) is 1. The van der Waals surface area contributed by atoms with Crippen molar-refractivity contribution < 1.29 is 9.18 Å². The lowest BCUT2D eigenvalue weighted by Crippen LogP contribution is -2.32. The molecule has 1 aromatic carbocycles. The minimum Gasteiger partial charge on any atom is -0.399 e. The molecular formula is C12H13FN2O. The fourth-order valence-corrected chi connectivity index (χ4v) is 1.28. The van der Waals surface area contributed by atoms with Gasteiger partial charge in [-0.2, -0.15) is 0 Å². The molecule has 1 atom stereocenters. The molecule has 3 N–H and O–H groups in total. The first-order valence-corrected chi connectivity index (χ1v) is 4.78. The average molecular weight is 220 g/mol. The molecule has 4 heteroatoms. The van der Waals surface area contributed by atoms with E-state index in [9.17, 15) is 9.18 Å². The lowest BCUT2D eigenvalue weighted by atomic mass is 10.1. The van der Waals surface area contributed by atoms with Gasteiger partial charge in [-0.1, -0.05) is 5.92 Å². The zero-order chi connectivity index (χ0) is 12.3. The van der Waals surface area contributed by atoms with Gasteiger partial charge in [0, 0.05) is 5.69 Å². The van der Waals surface area contributed by atoms with E-state index in [1.807, 2.05) is 0 Å². The van der Waals surface area contributed by atoms with E-state index in [1.54, 1.807) is 13.8 Å². The van der Waals surface area contributed by atoms with E-state index in [0.717, 1.165) is 0 Å². The summed E-state index contributed by atoms with van der Waals surface area (Å²) in [5, 5.41) is 2.47. The molecule has 0 aliphatic rings. The number of hydrogen-bond acceptors (Lipinski definition) is 2. The van der Waals surface area contributed by atoms with Crippen molar-refractivity contribution in [1.29, 1.82) is 0 Å². The van der Waals surface area contributed by atoms with Crippen LogP contribution in [0.4, 0.5) is 10.1 Å². The van der Waals surface area contributed by atoms with Gasteiger partial charge in [0.25, 0.3) is 5.91 Å². The van der Waals surface area contributed by atoms with Crippen molar-refractivity contribution in [2.45, 2.75) is 19.9 Å². The quantitative estimate of drug-likeness (QED) is 0.585. The Morgan fingerprint density at radius 3 is 2.81 bits per heavy atom. The number of nitrogens with two attached hydrogens (primary N) is 1. The van der Waals surface area contributed by atoms with E-state index in [-0.39, 0.29) is 5.56 Å². The molecule has 0 radical (unpaired) electrons. The maximum absolute atomic E-state index is 13.6. The number of hydrogen-bond donors (Lipinski definition) is 2. The summed E-state index contributed by atoms with van der Waals surface area (Å²) >= 11 is 0. The summed E-state index contributed by atoms with van der Waals surface area (Å²) in [4.78, 5) is 11.6. The molecule has 0 aliphatic carbocycles. The third-order valence-corrected chi connectivity index (χ3v) is 2.12. The van der Waals surface area contributed by atoms with E-state index in [4.69, 9.17) is 12.2 Å². The van der Waals surface area contributed by atoms with Gasteiger partial charge in [0.05, 0.1) is 11.6 Å². The van der Waals surface area contributed by atoms with Crippen molar-refractivity contribution in [2.24, 2.45) is 0 Å². The Morgan fingerprint density at radius 1 is 1.62 bits per heavy atom. The summed E-state index contributed by atoms with van der Waals surface area (Å²) in [6, 6.07) is 2.31. The van der Waals surface area contributed by atoms with Crippen LogP contribution in [0.2, 0.25) is 0 Å². The Balaban J connectivity index is 3.05. The standard InChI is InChI=1S/C12H13FN2O/c1-4-8(3)15-12(16)10-6-9(14)5-7(2)11(10)13/h1,5-6,8H,14H2,2-3H3,(H,15,16). The number of terminal acetylenes is 1. The first kappa shape index (κ1) is 12.1. The third-order valence-electron chi connectivity index (χ3n) is 2.12. The van der Waals surface area contributed by atoms with E-state index < -0.39 is 17.8 Å². The van der Waals surface area contributed by atoms with Gasteiger partial charge in [-0.3, -0.25) is 4.79 Å². The largest absolute Gasteiger partial charge is 0.399 e. The lowest BCUT2D eigenvalue weighted by Gasteiger charge is -2.10. The van der Waals surface area contributed by atoms with Gasteiger partial charge in [-0.05, 0) is 31.5 Å². The second kappa shape index (κ2) is 4.67. The highest BCUT2D eigenvalue weighted by molar-refractivity contribution is 5.96. The van der Waals surface area contributed by atoms with E-state index in [2.05, 4.69) is 11.2 Å². The van der Waals surface area contributed by atoms with E-state index in [0.29, 0.717) is 11.3 Å². The minimum atomic E-state index is -0.573. The van der Waals surface area contributed by atoms with Crippen LogP contribution < -0.4 is 11.1 Å². The normalized spacial score (nSPS) is 11.6. The molecule has 0 aliphatic heterocycles. The Labute approximate surface area is 93.8 Å². The summed E-state index contributed by atoms with van der Waals surface area (Å²) in [5.74, 6) is 1.20. The van der Waals surface area contributed by atoms with Gasteiger partial charge in [-0.25, -0.2) is 4.39 Å². The highest BCUT2D eigenvalue weighted by Gasteiger charge is 2.15. The van der Waals surface area contributed by atoms with Crippen molar-refractivity contribution in [1.82, 2.24) is 5.32 Å². The molecule has 3 nitrogen and oxygen atoms in total. The molecule has 1 rings (SSSR count). The molecule has 1 unspecified atom stereocenters. The fourth-order valence-electron chi connectivity index (χ4n) is 1.28. The molecule has 0 fully saturated rings. The Hall–Kier alpha value is -2.02. The SMILES string of the molecule is C#CC(C)NC(=O)c1cc(N)cc(C)c1F. The molecule has 0 heterocycles. The van der Waals surface area contributed by atoms with E-state index in [1.165, 1.54) is 12.1 Å². The smallest absolute Gasteiger partial charge is 0.255 e. The van der Waals surface area contributed by atoms with Crippen molar-refractivity contribution in [3.63, 3.8) is 0 Å². The molecule has 84 valence electrons. The number of anilines is 1. The number of benzene rings is 1. The zero-order valence-electron chi connectivity index (χ0n) is 9.17. The number of aryl methyl sites for hydroxylation is 1. The summed E-state index contributed by atoms with van der Waals surface area (Å²) in [5.41, 5.74) is 6.14. The number of amides is 1. The first-order valence-electron chi connectivity index (χ1n) is 4.78. The fraction of sp³-hybridized carbons (Fsp3) is 0.250. The predicted molar refractivity (Wildman–Crippen MR) is 61.3 cm³/mol. The second-order valence-electron chi connectivity index (χ2n) is 3.56. The summed E-state index contributed by atoms with van der Waals surface area (Å²) < 4.78 is 13.6. The molecule has 0 saturated carbocycles. The summed E-state index contributed by atoms with van der Waals surface area (Å²) in [7, 11) is 0. The third kappa shape index (κ3) is 2.51. The van der Waals surface area contributed by atoms with Crippen LogP contribution in [-0.4, -0.2) is 11.9 Å². The van der Waals surface area contributed by atoms with Gasteiger partial charge < -0.3 is 11.1 Å². The topological polar surface area (TPSA) is 55.1 Å². The molecular weight excluding hydrogens is 207 g/mol. The summed E-state index contributed by atoms with van der Waals surface area (Å²) in [6.07, 6.45) is 5.11. The number of nitrogen functional groups attached to an aromatic ring is 1. The molecule has 0 saturated heterocycles. The van der Waals surface area contributed by atoms with Crippen molar-refractivity contribution in [3.8, 4) is 12.3 Å². The number of carbonyl (C=O) groups excluding carboxylic acids is 1. The van der Waals surface area contributed by atoms with Crippen LogP contribution in [0.5, 0.6) is 0 Å². The van der Waals surface area contributed by atoms with Crippen LogP contribution in [-0.2, 0) is 0 Å². The lowest BCUT2D eigenvalue weighted by molar-refractivity contribution is 0.0944. The van der Waals surface area contributed by atoms with Crippen molar-refractivity contribution in [3.05, 3.63) is 29.1 Å². The highest BCUT2D eigenvalue weighted by atomic mass is 19.1. The average Bonchev–Trinajstić information content (AvgIpc) is 2.22. The molecule has 1 amide bonds. The van der Waals surface area contributed by atoms with Gasteiger partial charge in [-0.15, -0.1) is 6.42 Å². The Bertz CT molecular complexity index is 463. The highest BCUT2D eigenvalue weighted by Crippen LogP contribution is 2.17. The first-order chi connectivity index (χ1) is 7.45. The number of rotatable bonds is 2. The van der Waals surface area contributed by atoms with Gasteiger partial charge in [0.2, 0.25) is 0 Å². The van der Waals surface area contributed by atoms with Crippen LogP contribution in [0.15, 0.2) is 12.1 Å². The molecule has 0 bridgehead atoms. The van der Waals surface area contributed by atoms with Gasteiger partial charge in [0.15, 0.2) is 0 Å². The molecule has 16 heavy (non-hydrogen) atoms. The van der Waals surface area contributed by atoms with Crippen LogP contribution >= 0.6 is 0 Å².